The van der Waals surface area contributed by atoms with Gasteiger partial charge in [0.1, 0.15) is 5.69 Å². The number of anilines is 1. The number of carbonyl (C=O) groups is 2. The highest BCUT2D eigenvalue weighted by molar-refractivity contribution is 7.22. The summed E-state index contributed by atoms with van der Waals surface area (Å²) in [7, 11) is 0. The topological polar surface area (TPSA) is 112 Å². The van der Waals surface area contributed by atoms with Gasteiger partial charge in [0.15, 0.2) is 5.13 Å². The number of benzene rings is 1. The van der Waals surface area contributed by atoms with Crippen molar-refractivity contribution in [2.24, 2.45) is 0 Å². The summed E-state index contributed by atoms with van der Waals surface area (Å²) in [5.41, 5.74) is 0.495. The number of fused-ring (bicyclic) bond motifs is 1. The Kier molecular flexibility index (Phi) is 3.43. The summed E-state index contributed by atoms with van der Waals surface area (Å²) >= 11 is 1.16. The largest absolute Gasteiger partial charge is 0.478 e. The molecule has 110 valence electrons. The number of aromatic amines is 1. The van der Waals surface area contributed by atoms with Gasteiger partial charge in [0.25, 0.3) is 5.91 Å². The van der Waals surface area contributed by atoms with E-state index in [-0.39, 0.29) is 16.8 Å². The van der Waals surface area contributed by atoms with Crippen LogP contribution in [0.25, 0.3) is 10.2 Å². The van der Waals surface area contributed by atoms with E-state index in [4.69, 9.17) is 5.11 Å². The minimum atomic E-state index is -1.03. The van der Waals surface area contributed by atoms with Crippen molar-refractivity contribution in [1.29, 1.82) is 0 Å². The standard InChI is InChI=1S/C14H9N3O4S/c18-11-3-1-2-9(15-11)12(19)17-14-16-8-5-4-7(13(20)21)6-10(8)22-14/h1-6H,(H,15,18)(H,20,21)(H,16,17,19). The molecule has 3 rings (SSSR count). The number of aromatic carboxylic acids is 1. The molecule has 2 heterocycles. The van der Waals surface area contributed by atoms with Crippen LogP contribution in [0.4, 0.5) is 5.13 Å². The van der Waals surface area contributed by atoms with Crippen LogP contribution >= 0.6 is 11.3 Å². The van der Waals surface area contributed by atoms with Crippen LogP contribution in [0.5, 0.6) is 0 Å². The van der Waals surface area contributed by atoms with E-state index in [0.29, 0.717) is 15.3 Å². The third-order valence-corrected chi connectivity index (χ3v) is 3.80. The van der Waals surface area contributed by atoms with Gasteiger partial charge in [0, 0.05) is 6.07 Å². The number of nitrogens with zero attached hydrogens (tertiary/aromatic N) is 1. The van der Waals surface area contributed by atoms with Crippen molar-refractivity contribution in [2.45, 2.75) is 0 Å². The van der Waals surface area contributed by atoms with E-state index in [1.165, 1.54) is 30.3 Å². The summed E-state index contributed by atoms with van der Waals surface area (Å²) in [6.45, 7) is 0. The molecule has 0 bridgehead atoms. The highest BCUT2D eigenvalue weighted by atomic mass is 32.1. The zero-order valence-corrected chi connectivity index (χ0v) is 11.8. The third kappa shape index (κ3) is 2.72. The van der Waals surface area contributed by atoms with Crippen molar-refractivity contribution in [1.82, 2.24) is 9.97 Å². The van der Waals surface area contributed by atoms with Gasteiger partial charge in [0.05, 0.1) is 15.8 Å². The number of hydrogen-bond donors (Lipinski definition) is 3. The predicted octanol–water partition coefficient (Wildman–Crippen LogP) is 1.94. The maximum atomic E-state index is 12.0. The molecule has 0 fully saturated rings. The summed E-state index contributed by atoms with van der Waals surface area (Å²) in [6, 6.07) is 8.79. The second kappa shape index (κ2) is 5.41. The van der Waals surface area contributed by atoms with E-state index in [0.717, 1.165) is 11.3 Å². The highest BCUT2D eigenvalue weighted by Gasteiger charge is 2.12. The molecule has 0 atom stereocenters. The van der Waals surface area contributed by atoms with Crippen LogP contribution in [0.3, 0.4) is 0 Å². The maximum absolute atomic E-state index is 12.0. The zero-order valence-electron chi connectivity index (χ0n) is 11.0. The Morgan fingerprint density at radius 3 is 2.77 bits per heavy atom. The molecule has 0 aliphatic rings. The average Bonchev–Trinajstić information content (AvgIpc) is 2.88. The van der Waals surface area contributed by atoms with Gasteiger partial charge in [-0.2, -0.15) is 0 Å². The van der Waals surface area contributed by atoms with Crippen molar-refractivity contribution in [3.63, 3.8) is 0 Å². The Balaban J connectivity index is 1.89. The van der Waals surface area contributed by atoms with Gasteiger partial charge in [-0.25, -0.2) is 9.78 Å². The molecule has 8 heteroatoms. The number of carbonyl (C=O) groups excluding carboxylic acids is 1. The van der Waals surface area contributed by atoms with Crippen molar-refractivity contribution in [3.8, 4) is 0 Å². The average molecular weight is 315 g/mol. The fourth-order valence-corrected chi connectivity index (χ4v) is 2.76. The fraction of sp³-hybridized carbons (Fsp3) is 0. The van der Waals surface area contributed by atoms with Crippen LogP contribution in [-0.2, 0) is 0 Å². The lowest BCUT2D eigenvalue weighted by atomic mass is 10.2. The van der Waals surface area contributed by atoms with Gasteiger partial charge in [-0.05, 0) is 24.3 Å². The molecular formula is C14H9N3O4S. The van der Waals surface area contributed by atoms with E-state index < -0.39 is 11.9 Å². The Hall–Kier alpha value is -3.00. The fourth-order valence-electron chi connectivity index (χ4n) is 1.86. The molecule has 3 aromatic rings. The normalized spacial score (nSPS) is 10.5. The summed E-state index contributed by atoms with van der Waals surface area (Å²) in [5.74, 6) is -1.52. The van der Waals surface area contributed by atoms with Gasteiger partial charge < -0.3 is 10.1 Å². The monoisotopic (exact) mass is 315 g/mol. The first-order valence-electron chi connectivity index (χ1n) is 6.17. The van der Waals surface area contributed by atoms with Crippen LogP contribution in [0, 0.1) is 0 Å². The second-order valence-electron chi connectivity index (χ2n) is 4.39. The molecular weight excluding hydrogens is 306 g/mol. The number of hydrogen-bond acceptors (Lipinski definition) is 5. The number of rotatable bonds is 3. The number of H-pyrrole nitrogens is 1. The van der Waals surface area contributed by atoms with Gasteiger partial charge in [0.2, 0.25) is 5.56 Å². The van der Waals surface area contributed by atoms with E-state index in [2.05, 4.69) is 15.3 Å². The van der Waals surface area contributed by atoms with Crippen LogP contribution in [0.1, 0.15) is 20.8 Å². The van der Waals surface area contributed by atoms with Gasteiger partial charge >= 0.3 is 5.97 Å². The summed E-state index contributed by atoms with van der Waals surface area (Å²) in [4.78, 5) is 40.7. The van der Waals surface area contributed by atoms with E-state index in [9.17, 15) is 14.4 Å². The molecule has 3 N–H and O–H groups in total. The first-order valence-corrected chi connectivity index (χ1v) is 6.99. The molecule has 1 amide bonds. The Morgan fingerprint density at radius 1 is 1.23 bits per heavy atom. The molecule has 1 aromatic carbocycles. The molecule has 0 aliphatic heterocycles. The van der Waals surface area contributed by atoms with Gasteiger partial charge in [-0.3, -0.25) is 14.9 Å². The molecule has 0 saturated heterocycles. The molecule has 0 radical (unpaired) electrons. The van der Waals surface area contributed by atoms with Crippen LogP contribution in [0.2, 0.25) is 0 Å². The first-order chi connectivity index (χ1) is 10.5. The van der Waals surface area contributed by atoms with E-state index >= 15 is 0 Å². The van der Waals surface area contributed by atoms with E-state index in [1.807, 2.05) is 0 Å². The molecule has 7 nitrogen and oxygen atoms in total. The third-order valence-electron chi connectivity index (χ3n) is 2.87. The quantitative estimate of drug-likeness (QED) is 0.683. The number of thiazole rings is 1. The number of amides is 1. The highest BCUT2D eigenvalue weighted by Crippen LogP contribution is 2.27. The van der Waals surface area contributed by atoms with Crippen molar-refractivity contribution in [2.75, 3.05) is 5.32 Å². The van der Waals surface area contributed by atoms with Crippen molar-refractivity contribution in [3.05, 3.63) is 58.0 Å². The molecule has 2 aromatic heterocycles. The lowest BCUT2D eigenvalue weighted by Crippen LogP contribution is -2.17. The number of aromatic nitrogens is 2. The van der Waals surface area contributed by atoms with Crippen molar-refractivity contribution >= 4 is 38.6 Å². The number of nitrogens with one attached hydrogen (secondary N) is 2. The van der Waals surface area contributed by atoms with Crippen LogP contribution in [-0.4, -0.2) is 27.0 Å². The minimum Gasteiger partial charge on any atom is -0.478 e. The number of carboxylic acid groups (broad SMARTS) is 1. The van der Waals surface area contributed by atoms with Gasteiger partial charge in [-0.15, -0.1) is 0 Å². The molecule has 0 saturated carbocycles. The molecule has 0 spiro atoms. The SMILES string of the molecule is O=C(O)c1ccc2nc(NC(=O)c3cccc(=O)[nH]3)sc2c1. The smallest absolute Gasteiger partial charge is 0.335 e. The van der Waals surface area contributed by atoms with Gasteiger partial charge in [-0.1, -0.05) is 17.4 Å². The molecule has 0 unspecified atom stereocenters. The zero-order chi connectivity index (χ0) is 15.7. The van der Waals surface area contributed by atoms with E-state index in [1.54, 1.807) is 6.07 Å². The molecule has 0 aliphatic carbocycles. The maximum Gasteiger partial charge on any atom is 0.335 e. The summed E-state index contributed by atoms with van der Waals surface area (Å²) < 4.78 is 0.650. The minimum absolute atomic E-state index is 0.123. The Labute approximate surface area is 127 Å². The first kappa shape index (κ1) is 14.0. The molecule has 22 heavy (non-hydrogen) atoms. The van der Waals surface area contributed by atoms with Crippen molar-refractivity contribution < 1.29 is 14.7 Å². The lowest BCUT2D eigenvalue weighted by Gasteiger charge is -2.00. The van der Waals surface area contributed by atoms with Crippen LogP contribution in [0.15, 0.2) is 41.2 Å². The Bertz CT molecular complexity index is 944. The Morgan fingerprint density at radius 2 is 2.05 bits per heavy atom. The summed E-state index contributed by atoms with van der Waals surface area (Å²) in [6.07, 6.45) is 0. The lowest BCUT2D eigenvalue weighted by molar-refractivity contribution is 0.0697. The van der Waals surface area contributed by atoms with Crippen LogP contribution < -0.4 is 10.9 Å². The predicted molar refractivity (Wildman–Crippen MR) is 81.6 cm³/mol. The summed E-state index contributed by atoms with van der Waals surface area (Å²) in [5, 5.41) is 11.9. The number of pyridine rings is 1. The second-order valence-corrected chi connectivity index (χ2v) is 5.42. The number of carboxylic acids is 1.